The topological polar surface area (TPSA) is 15.3 Å². The molecule has 0 aromatic rings. The molecule has 0 aromatic carbocycles. The van der Waals surface area contributed by atoms with Gasteiger partial charge in [-0.2, -0.15) is 0 Å². The van der Waals surface area contributed by atoms with Gasteiger partial charge in [0.1, 0.15) is 0 Å². The Kier molecular flexibility index (Phi) is 7.87. The molecule has 1 unspecified atom stereocenters. The molecule has 0 saturated heterocycles. The molecule has 2 heteroatoms. The predicted molar refractivity (Wildman–Crippen MR) is 76.4 cm³/mol. The molecule has 0 aromatic heterocycles. The maximum atomic E-state index is 3.68. The second-order valence-corrected chi connectivity index (χ2v) is 5.81. The molecule has 1 atom stereocenters. The molecule has 1 saturated carbocycles. The van der Waals surface area contributed by atoms with Crippen LogP contribution in [0.2, 0.25) is 0 Å². The molecule has 0 radical (unpaired) electrons. The highest BCUT2D eigenvalue weighted by Gasteiger charge is 2.18. The van der Waals surface area contributed by atoms with Crippen molar-refractivity contribution in [3.63, 3.8) is 0 Å². The van der Waals surface area contributed by atoms with Gasteiger partial charge in [-0.1, -0.05) is 33.1 Å². The number of hydrogen-bond acceptors (Lipinski definition) is 2. The minimum Gasteiger partial charge on any atom is -0.313 e. The van der Waals surface area contributed by atoms with Crippen molar-refractivity contribution in [3.05, 3.63) is 0 Å². The largest absolute Gasteiger partial charge is 0.313 e. The lowest BCUT2D eigenvalue weighted by Gasteiger charge is -2.26. The summed E-state index contributed by atoms with van der Waals surface area (Å²) in [6.07, 6.45) is 9.70. The monoisotopic (exact) mass is 240 g/mol. The van der Waals surface area contributed by atoms with Crippen molar-refractivity contribution in [2.75, 3.05) is 26.7 Å². The van der Waals surface area contributed by atoms with Gasteiger partial charge in [-0.3, -0.25) is 0 Å². The zero-order valence-corrected chi connectivity index (χ0v) is 12.2. The van der Waals surface area contributed by atoms with Crippen molar-refractivity contribution < 1.29 is 0 Å². The molecule has 0 spiro atoms. The Hall–Kier alpha value is -0.0800. The number of hydrogen-bond donors (Lipinski definition) is 1. The van der Waals surface area contributed by atoms with E-state index in [1.54, 1.807) is 0 Å². The molecule has 1 fully saturated rings. The average molecular weight is 240 g/mol. The molecule has 1 rings (SSSR count). The van der Waals surface area contributed by atoms with Gasteiger partial charge in [-0.15, -0.1) is 0 Å². The van der Waals surface area contributed by atoms with Gasteiger partial charge in [0.25, 0.3) is 0 Å². The maximum Gasteiger partial charge on any atom is 0.0194 e. The van der Waals surface area contributed by atoms with Crippen LogP contribution in [0.15, 0.2) is 0 Å². The third kappa shape index (κ3) is 6.42. The first-order valence-electron chi connectivity index (χ1n) is 7.68. The van der Waals surface area contributed by atoms with Crippen LogP contribution in [0.1, 0.15) is 58.8 Å². The van der Waals surface area contributed by atoms with E-state index in [0.717, 1.165) is 5.92 Å². The van der Waals surface area contributed by atoms with Gasteiger partial charge < -0.3 is 10.2 Å². The van der Waals surface area contributed by atoms with Crippen LogP contribution in [0.4, 0.5) is 0 Å². The molecule has 17 heavy (non-hydrogen) atoms. The smallest absolute Gasteiger partial charge is 0.0194 e. The van der Waals surface area contributed by atoms with Crippen LogP contribution in [0.25, 0.3) is 0 Å². The third-order valence-electron chi connectivity index (χ3n) is 3.90. The quantitative estimate of drug-likeness (QED) is 0.665. The molecule has 1 aliphatic rings. The zero-order chi connectivity index (χ0) is 12.5. The van der Waals surface area contributed by atoms with E-state index >= 15 is 0 Å². The Bertz CT molecular complexity index is 176. The van der Waals surface area contributed by atoms with E-state index in [4.69, 9.17) is 0 Å². The fourth-order valence-corrected chi connectivity index (χ4v) is 3.04. The molecule has 102 valence electrons. The van der Waals surface area contributed by atoms with Crippen LogP contribution in [-0.2, 0) is 0 Å². The van der Waals surface area contributed by atoms with Crippen molar-refractivity contribution in [1.82, 2.24) is 10.2 Å². The highest BCUT2D eigenvalue weighted by Crippen LogP contribution is 2.25. The van der Waals surface area contributed by atoms with Gasteiger partial charge in [-0.25, -0.2) is 0 Å². The fourth-order valence-electron chi connectivity index (χ4n) is 3.04. The van der Waals surface area contributed by atoms with Gasteiger partial charge in [0.05, 0.1) is 0 Å². The van der Waals surface area contributed by atoms with Gasteiger partial charge in [-0.05, 0) is 45.2 Å². The van der Waals surface area contributed by atoms with Crippen molar-refractivity contribution in [3.8, 4) is 0 Å². The van der Waals surface area contributed by atoms with E-state index in [1.165, 1.54) is 64.6 Å². The molecule has 2 nitrogen and oxygen atoms in total. The highest BCUT2D eigenvalue weighted by molar-refractivity contribution is 4.74. The number of rotatable bonds is 9. The molecule has 1 aliphatic carbocycles. The maximum absolute atomic E-state index is 3.68. The molecule has 0 heterocycles. The highest BCUT2D eigenvalue weighted by atomic mass is 15.1. The summed E-state index contributed by atoms with van der Waals surface area (Å²) in [4.78, 5) is 2.55. The fraction of sp³-hybridized carbons (Fsp3) is 1.00. The summed E-state index contributed by atoms with van der Waals surface area (Å²) in [5.41, 5.74) is 0. The second kappa shape index (κ2) is 8.93. The van der Waals surface area contributed by atoms with Gasteiger partial charge in [0.2, 0.25) is 0 Å². The van der Waals surface area contributed by atoms with Crippen molar-refractivity contribution in [1.29, 1.82) is 0 Å². The van der Waals surface area contributed by atoms with Gasteiger partial charge >= 0.3 is 0 Å². The van der Waals surface area contributed by atoms with E-state index in [9.17, 15) is 0 Å². The Balaban J connectivity index is 2.21. The van der Waals surface area contributed by atoms with Crippen LogP contribution in [0, 0.1) is 5.92 Å². The van der Waals surface area contributed by atoms with Gasteiger partial charge in [0.15, 0.2) is 0 Å². The van der Waals surface area contributed by atoms with Crippen molar-refractivity contribution in [2.45, 2.75) is 64.8 Å². The molecular weight excluding hydrogens is 208 g/mol. The zero-order valence-electron chi connectivity index (χ0n) is 12.2. The summed E-state index contributed by atoms with van der Waals surface area (Å²) in [6, 6.07) is 0.700. The van der Waals surface area contributed by atoms with E-state index in [2.05, 4.69) is 31.1 Å². The molecule has 0 aliphatic heterocycles. The average Bonchev–Trinajstić information content (AvgIpc) is 2.78. The summed E-state index contributed by atoms with van der Waals surface area (Å²) in [5.74, 6) is 0.980. The number of nitrogens with zero attached hydrogens (tertiary/aromatic N) is 1. The standard InChI is InChI=1S/C15H32N2/c1-4-8-15(16-11-5-2)13-17(3)12-14-9-6-7-10-14/h14-16H,4-13H2,1-3H3. The Morgan fingerprint density at radius 3 is 2.47 bits per heavy atom. The third-order valence-corrected chi connectivity index (χ3v) is 3.90. The SMILES string of the molecule is CCCNC(CCC)CN(C)CC1CCCC1. The first-order chi connectivity index (χ1) is 8.26. The lowest BCUT2D eigenvalue weighted by Crippen LogP contribution is -2.41. The molecular formula is C15H32N2. The van der Waals surface area contributed by atoms with E-state index < -0.39 is 0 Å². The first kappa shape index (κ1) is 15.0. The summed E-state index contributed by atoms with van der Waals surface area (Å²) in [6.45, 7) is 8.25. The van der Waals surface area contributed by atoms with Crippen LogP contribution < -0.4 is 5.32 Å². The van der Waals surface area contributed by atoms with E-state index in [0.29, 0.717) is 6.04 Å². The van der Waals surface area contributed by atoms with E-state index in [1.807, 2.05) is 0 Å². The van der Waals surface area contributed by atoms with Crippen LogP contribution in [0.5, 0.6) is 0 Å². The van der Waals surface area contributed by atoms with E-state index in [-0.39, 0.29) is 0 Å². The predicted octanol–water partition coefficient (Wildman–Crippen LogP) is 3.28. The van der Waals surface area contributed by atoms with Crippen LogP contribution in [0.3, 0.4) is 0 Å². The summed E-state index contributed by atoms with van der Waals surface area (Å²) in [5, 5.41) is 3.68. The minimum absolute atomic E-state index is 0.700. The number of nitrogens with one attached hydrogen (secondary N) is 1. The molecule has 0 bridgehead atoms. The summed E-state index contributed by atoms with van der Waals surface area (Å²) < 4.78 is 0. The summed E-state index contributed by atoms with van der Waals surface area (Å²) >= 11 is 0. The Labute approximate surface area is 108 Å². The van der Waals surface area contributed by atoms with Crippen molar-refractivity contribution in [2.24, 2.45) is 5.92 Å². The van der Waals surface area contributed by atoms with Crippen LogP contribution >= 0.6 is 0 Å². The second-order valence-electron chi connectivity index (χ2n) is 5.81. The summed E-state index contributed by atoms with van der Waals surface area (Å²) in [7, 11) is 2.30. The molecule has 1 N–H and O–H groups in total. The minimum atomic E-state index is 0.700. The lowest BCUT2D eigenvalue weighted by molar-refractivity contribution is 0.243. The lowest BCUT2D eigenvalue weighted by atomic mass is 10.1. The normalized spacial score (nSPS) is 19.1. The Morgan fingerprint density at radius 1 is 1.18 bits per heavy atom. The number of likely N-dealkylation sites (N-methyl/N-ethyl adjacent to an activating group) is 1. The Morgan fingerprint density at radius 2 is 1.88 bits per heavy atom. The van der Waals surface area contributed by atoms with Crippen molar-refractivity contribution >= 4 is 0 Å². The molecule has 0 amide bonds. The van der Waals surface area contributed by atoms with Gasteiger partial charge in [0, 0.05) is 19.1 Å². The van der Waals surface area contributed by atoms with Crippen LogP contribution in [-0.4, -0.2) is 37.6 Å². The first-order valence-corrected chi connectivity index (χ1v) is 7.68.